The molecule has 2 aromatic rings. The average molecular weight is 340 g/mol. The van der Waals surface area contributed by atoms with Gasteiger partial charge in [0.05, 0.1) is 0 Å². The highest BCUT2D eigenvalue weighted by atomic mass is 19.1. The van der Waals surface area contributed by atoms with Crippen LogP contribution in [0.15, 0.2) is 42.5 Å². The van der Waals surface area contributed by atoms with Gasteiger partial charge in [-0.25, -0.2) is 4.39 Å². The highest BCUT2D eigenvalue weighted by Gasteiger charge is 2.35. The first-order valence-electron chi connectivity index (χ1n) is 8.33. The van der Waals surface area contributed by atoms with Crippen molar-refractivity contribution in [2.45, 2.75) is 26.8 Å². The van der Waals surface area contributed by atoms with Gasteiger partial charge in [0.1, 0.15) is 11.9 Å². The molecule has 0 spiro atoms. The van der Waals surface area contributed by atoms with E-state index in [0.29, 0.717) is 13.1 Å². The fourth-order valence-electron chi connectivity index (χ4n) is 3.18. The molecule has 3 rings (SSSR count). The second-order valence-corrected chi connectivity index (χ2v) is 6.46. The van der Waals surface area contributed by atoms with Gasteiger partial charge in [0.2, 0.25) is 5.91 Å². The lowest BCUT2D eigenvalue weighted by molar-refractivity contribution is -0.124. The van der Waals surface area contributed by atoms with Crippen molar-refractivity contribution in [1.29, 1.82) is 0 Å². The summed E-state index contributed by atoms with van der Waals surface area (Å²) in [5.74, 6) is -0.899. The number of hydrogen-bond donors (Lipinski definition) is 0. The van der Waals surface area contributed by atoms with Gasteiger partial charge >= 0.3 is 0 Å². The van der Waals surface area contributed by atoms with E-state index in [2.05, 4.69) is 0 Å². The van der Waals surface area contributed by atoms with Gasteiger partial charge in [-0.15, -0.1) is 0 Å². The van der Waals surface area contributed by atoms with Gasteiger partial charge in [0, 0.05) is 24.3 Å². The third-order valence-electron chi connectivity index (χ3n) is 4.64. The Kier molecular flexibility index (Phi) is 4.57. The van der Waals surface area contributed by atoms with Crippen LogP contribution in [-0.4, -0.2) is 35.8 Å². The molecule has 1 atom stereocenters. The summed E-state index contributed by atoms with van der Waals surface area (Å²) in [6.07, 6.45) is 0. The Balaban J connectivity index is 1.84. The van der Waals surface area contributed by atoms with E-state index < -0.39 is 11.9 Å². The normalized spacial score (nSPS) is 17.8. The molecule has 0 N–H and O–H groups in total. The Bertz CT molecular complexity index is 834. The first-order valence-corrected chi connectivity index (χ1v) is 8.33. The third kappa shape index (κ3) is 3.27. The molecule has 2 aromatic carbocycles. The van der Waals surface area contributed by atoms with E-state index in [4.69, 9.17) is 0 Å². The molecule has 0 bridgehead atoms. The molecular weight excluding hydrogens is 319 g/mol. The maximum atomic E-state index is 13.4. The smallest absolute Gasteiger partial charge is 0.254 e. The molecule has 1 heterocycles. The number of hydrogen-bond acceptors (Lipinski definition) is 2. The molecule has 1 aliphatic heterocycles. The van der Waals surface area contributed by atoms with Crippen LogP contribution in [0.25, 0.3) is 0 Å². The van der Waals surface area contributed by atoms with E-state index in [-0.39, 0.29) is 17.4 Å². The van der Waals surface area contributed by atoms with Crippen molar-refractivity contribution in [3.8, 4) is 0 Å². The molecule has 1 saturated heterocycles. The van der Waals surface area contributed by atoms with Crippen LogP contribution in [0, 0.1) is 19.7 Å². The number of rotatable bonds is 2. The predicted molar refractivity (Wildman–Crippen MR) is 95.2 cm³/mol. The number of nitrogens with zero attached hydrogens (tertiary/aromatic N) is 2. The number of carbonyl (C=O) groups excluding carboxylic acids is 2. The van der Waals surface area contributed by atoms with Crippen LogP contribution in [0.2, 0.25) is 0 Å². The SMILES string of the molecule is Cc1ccc(C)c(N2CCN(C(=O)c3cccc(F)c3)[C@@H](C)C2=O)c1. The zero-order valence-corrected chi connectivity index (χ0v) is 14.6. The van der Waals surface area contributed by atoms with Crippen LogP contribution >= 0.6 is 0 Å². The molecule has 1 aliphatic rings. The van der Waals surface area contributed by atoms with E-state index in [9.17, 15) is 14.0 Å². The van der Waals surface area contributed by atoms with Crippen LogP contribution in [-0.2, 0) is 4.79 Å². The molecule has 2 amide bonds. The van der Waals surface area contributed by atoms with Gasteiger partial charge in [-0.1, -0.05) is 18.2 Å². The Hall–Kier alpha value is -2.69. The van der Waals surface area contributed by atoms with E-state index in [1.807, 2.05) is 32.0 Å². The average Bonchev–Trinajstić information content (AvgIpc) is 2.59. The van der Waals surface area contributed by atoms with Crippen molar-refractivity contribution in [1.82, 2.24) is 4.90 Å². The number of benzene rings is 2. The van der Waals surface area contributed by atoms with Crippen LogP contribution < -0.4 is 4.90 Å². The zero-order valence-electron chi connectivity index (χ0n) is 14.6. The van der Waals surface area contributed by atoms with Crippen LogP contribution in [0.5, 0.6) is 0 Å². The standard InChI is InChI=1S/C20H21FN2O2/c1-13-7-8-14(2)18(11-13)23-10-9-22(15(3)19(23)24)20(25)16-5-4-6-17(21)12-16/h4-8,11-12,15H,9-10H2,1-3H3/t15-/m0/s1. The van der Waals surface area contributed by atoms with E-state index in [1.165, 1.54) is 23.1 Å². The van der Waals surface area contributed by atoms with Gasteiger partial charge in [0.25, 0.3) is 5.91 Å². The Morgan fingerprint density at radius 2 is 1.88 bits per heavy atom. The van der Waals surface area contributed by atoms with Crippen LogP contribution in [0.3, 0.4) is 0 Å². The molecule has 0 unspecified atom stereocenters. The number of halogens is 1. The van der Waals surface area contributed by atoms with Crippen molar-refractivity contribution in [3.05, 3.63) is 65.0 Å². The summed E-state index contributed by atoms with van der Waals surface area (Å²) in [4.78, 5) is 28.8. The summed E-state index contributed by atoms with van der Waals surface area (Å²) < 4.78 is 13.4. The molecule has 5 heteroatoms. The van der Waals surface area contributed by atoms with Gasteiger partial charge in [-0.05, 0) is 56.2 Å². The highest BCUT2D eigenvalue weighted by molar-refractivity contribution is 6.03. The van der Waals surface area contributed by atoms with Crippen molar-refractivity contribution in [2.75, 3.05) is 18.0 Å². The molecule has 0 aromatic heterocycles. The molecule has 1 fully saturated rings. The fourth-order valence-corrected chi connectivity index (χ4v) is 3.18. The topological polar surface area (TPSA) is 40.6 Å². The summed E-state index contributed by atoms with van der Waals surface area (Å²) >= 11 is 0. The highest BCUT2D eigenvalue weighted by Crippen LogP contribution is 2.26. The summed E-state index contributed by atoms with van der Waals surface area (Å²) in [6, 6.07) is 11.0. The minimum atomic E-state index is -0.593. The van der Waals surface area contributed by atoms with Crippen molar-refractivity contribution < 1.29 is 14.0 Å². The van der Waals surface area contributed by atoms with Crippen molar-refractivity contribution in [3.63, 3.8) is 0 Å². The number of amides is 2. The van der Waals surface area contributed by atoms with Crippen molar-refractivity contribution >= 4 is 17.5 Å². The Morgan fingerprint density at radius 3 is 2.60 bits per heavy atom. The van der Waals surface area contributed by atoms with Gasteiger partial charge in [-0.3, -0.25) is 9.59 Å². The van der Waals surface area contributed by atoms with Gasteiger partial charge in [0.15, 0.2) is 0 Å². The molecule has 0 aliphatic carbocycles. The molecule has 0 saturated carbocycles. The number of carbonyl (C=O) groups is 2. The minimum absolute atomic E-state index is 0.121. The number of anilines is 1. The summed E-state index contributed by atoms with van der Waals surface area (Å²) in [7, 11) is 0. The third-order valence-corrected chi connectivity index (χ3v) is 4.64. The van der Waals surface area contributed by atoms with Gasteiger partial charge < -0.3 is 9.80 Å². The first-order chi connectivity index (χ1) is 11.9. The molecule has 0 radical (unpaired) electrons. The van der Waals surface area contributed by atoms with Crippen molar-refractivity contribution in [2.24, 2.45) is 0 Å². The zero-order chi connectivity index (χ0) is 18.1. The van der Waals surface area contributed by atoms with Crippen LogP contribution in [0.4, 0.5) is 10.1 Å². The quantitative estimate of drug-likeness (QED) is 0.841. The van der Waals surface area contributed by atoms with E-state index in [0.717, 1.165) is 16.8 Å². The molecule has 25 heavy (non-hydrogen) atoms. The lowest BCUT2D eigenvalue weighted by Crippen LogP contribution is -2.58. The minimum Gasteiger partial charge on any atom is -0.325 e. The largest absolute Gasteiger partial charge is 0.325 e. The predicted octanol–water partition coefficient (Wildman–Crippen LogP) is 3.32. The molecular formula is C20H21FN2O2. The summed E-state index contributed by atoms with van der Waals surface area (Å²) in [5, 5.41) is 0. The second kappa shape index (κ2) is 6.67. The van der Waals surface area contributed by atoms with E-state index in [1.54, 1.807) is 17.9 Å². The summed E-state index contributed by atoms with van der Waals surface area (Å²) in [5.41, 5.74) is 3.25. The Morgan fingerprint density at radius 1 is 1.12 bits per heavy atom. The van der Waals surface area contributed by atoms with Crippen LogP contribution in [0.1, 0.15) is 28.4 Å². The number of piperazine rings is 1. The monoisotopic (exact) mass is 340 g/mol. The maximum absolute atomic E-state index is 13.4. The Labute approximate surface area is 146 Å². The number of aryl methyl sites for hydroxylation is 2. The molecule has 130 valence electrons. The maximum Gasteiger partial charge on any atom is 0.254 e. The van der Waals surface area contributed by atoms with Gasteiger partial charge in [-0.2, -0.15) is 0 Å². The lowest BCUT2D eigenvalue weighted by Gasteiger charge is -2.39. The first kappa shape index (κ1) is 17.1. The second-order valence-electron chi connectivity index (χ2n) is 6.46. The molecule has 4 nitrogen and oxygen atoms in total. The summed E-state index contributed by atoms with van der Waals surface area (Å²) in [6.45, 7) is 6.51. The lowest BCUT2D eigenvalue weighted by atomic mass is 10.1. The fraction of sp³-hybridized carbons (Fsp3) is 0.300. The van der Waals surface area contributed by atoms with E-state index >= 15 is 0 Å².